The van der Waals surface area contributed by atoms with E-state index >= 15 is 0 Å². The predicted octanol–water partition coefficient (Wildman–Crippen LogP) is 1.53. The molecule has 180 valence electrons. The van der Waals surface area contributed by atoms with Crippen LogP contribution in [0.25, 0.3) is 0 Å². The van der Waals surface area contributed by atoms with Crippen molar-refractivity contribution in [3.63, 3.8) is 0 Å². The largest absolute Gasteiger partial charge is 0.299 e. The van der Waals surface area contributed by atoms with Gasteiger partial charge in [-0.15, -0.1) is 5.10 Å². The molecule has 0 spiro atoms. The first-order valence-corrected chi connectivity index (χ1v) is 14.1. The normalized spacial score (nSPS) is 23.8. The third kappa shape index (κ3) is 4.71. The van der Waals surface area contributed by atoms with Gasteiger partial charge in [-0.05, 0) is 54.6 Å². The van der Waals surface area contributed by atoms with Crippen LogP contribution in [0.2, 0.25) is 0 Å². The van der Waals surface area contributed by atoms with E-state index in [-0.39, 0.29) is 5.54 Å². The highest BCUT2D eigenvalue weighted by molar-refractivity contribution is 7.88. The topological polar surface area (TPSA) is 87.5 Å². The molecule has 3 aliphatic rings. The minimum Gasteiger partial charge on any atom is -0.299 e. The molecule has 3 heterocycles. The fourth-order valence-electron chi connectivity index (χ4n) is 5.75. The van der Waals surface area contributed by atoms with Crippen molar-refractivity contribution >= 4 is 10.0 Å². The molecule has 0 amide bonds. The molecule has 2 aliphatic heterocycles. The van der Waals surface area contributed by atoms with Crippen molar-refractivity contribution in [2.75, 3.05) is 45.5 Å². The van der Waals surface area contributed by atoms with E-state index in [0.29, 0.717) is 32.5 Å². The summed E-state index contributed by atoms with van der Waals surface area (Å²) in [4.78, 5) is 5.23. The minimum atomic E-state index is -3.21. The third-order valence-corrected chi connectivity index (χ3v) is 9.17. The van der Waals surface area contributed by atoms with Crippen LogP contribution in [0.5, 0.6) is 0 Å². The average Bonchev–Trinajstić information content (AvgIpc) is 3.10. The number of hydrogen-bond donors (Lipinski definition) is 0. The number of aromatic nitrogens is 4. The van der Waals surface area contributed by atoms with E-state index in [0.717, 1.165) is 50.0 Å². The fourth-order valence-corrected chi connectivity index (χ4v) is 6.60. The highest BCUT2D eigenvalue weighted by Crippen LogP contribution is 2.39. The predicted molar refractivity (Wildman–Crippen MR) is 126 cm³/mol. The number of sulfonamides is 1. The zero-order valence-corrected chi connectivity index (χ0v) is 20.3. The van der Waals surface area contributed by atoms with Crippen LogP contribution in [0.1, 0.15) is 49.9 Å². The van der Waals surface area contributed by atoms with Gasteiger partial charge in [0, 0.05) is 38.8 Å². The number of benzene rings is 1. The van der Waals surface area contributed by atoms with Crippen LogP contribution in [0.3, 0.4) is 0 Å². The molecule has 1 aliphatic carbocycles. The fraction of sp³-hybridized carbons (Fsp3) is 0.696. The quantitative estimate of drug-likeness (QED) is 0.629. The van der Waals surface area contributed by atoms with E-state index in [1.165, 1.54) is 25.5 Å². The van der Waals surface area contributed by atoms with Crippen LogP contribution in [-0.2, 0) is 22.1 Å². The van der Waals surface area contributed by atoms with Crippen LogP contribution in [0, 0.1) is 0 Å². The van der Waals surface area contributed by atoms with Crippen molar-refractivity contribution in [2.24, 2.45) is 0 Å². The summed E-state index contributed by atoms with van der Waals surface area (Å²) in [6.45, 7) is 5.76. The summed E-state index contributed by atoms with van der Waals surface area (Å²) >= 11 is 0. The zero-order chi connectivity index (χ0) is 22.9. The van der Waals surface area contributed by atoms with Gasteiger partial charge in [-0.3, -0.25) is 9.80 Å². The molecule has 0 unspecified atom stereocenters. The second-order valence-electron chi connectivity index (χ2n) is 9.80. The Labute approximate surface area is 196 Å². The molecule has 1 aromatic carbocycles. The Bertz CT molecular complexity index is 1030. The van der Waals surface area contributed by atoms with Crippen molar-refractivity contribution in [1.82, 2.24) is 34.3 Å². The number of tetrazole rings is 1. The maximum absolute atomic E-state index is 12.2. The average molecular weight is 474 g/mol. The van der Waals surface area contributed by atoms with E-state index in [9.17, 15) is 8.42 Å². The molecule has 33 heavy (non-hydrogen) atoms. The van der Waals surface area contributed by atoms with E-state index in [1.54, 1.807) is 4.31 Å². The Hall–Kier alpha value is -1.88. The number of nitrogens with zero attached hydrogens (tertiary/aromatic N) is 7. The molecule has 0 atom stereocenters. The lowest BCUT2D eigenvalue weighted by Crippen LogP contribution is -2.56. The van der Waals surface area contributed by atoms with Crippen molar-refractivity contribution in [2.45, 2.75) is 56.7 Å². The molecule has 1 saturated carbocycles. The van der Waals surface area contributed by atoms with Gasteiger partial charge in [-0.2, -0.15) is 0 Å². The van der Waals surface area contributed by atoms with Gasteiger partial charge in [-0.25, -0.2) is 17.4 Å². The highest BCUT2D eigenvalue weighted by atomic mass is 32.2. The Morgan fingerprint density at radius 2 is 1.73 bits per heavy atom. The lowest BCUT2D eigenvalue weighted by Gasteiger charge is -2.47. The van der Waals surface area contributed by atoms with Gasteiger partial charge in [0.15, 0.2) is 5.82 Å². The van der Waals surface area contributed by atoms with Crippen molar-refractivity contribution < 1.29 is 8.42 Å². The monoisotopic (exact) mass is 473 g/mol. The molecule has 5 rings (SSSR count). The number of piperidine rings is 1. The lowest BCUT2D eigenvalue weighted by atomic mass is 9.85. The summed E-state index contributed by atoms with van der Waals surface area (Å²) in [5, 5.41) is 13.0. The van der Waals surface area contributed by atoms with E-state index in [1.807, 2.05) is 22.9 Å². The van der Waals surface area contributed by atoms with Gasteiger partial charge in [0.2, 0.25) is 10.0 Å². The van der Waals surface area contributed by atoms with Crippen LogP contribution in [0.4, 0.5) is 0 Å². The van der Waals surface area contributed by atoms with Crippen molar-refractivity contribution in [3.8, 4) is 0 Å². The van der Waals surface area contributed by atoms with Gasteiger partial charge in [0.1, 0.15) is 0 Å². The number of hydrogen-bond acceptors (Lipinski definition) is 7. The van der Waals surface area contributed by atoms with Gasteiger partial charge in [0.05, 0.1) is 18.3 Å². The third-order valence-electron chi connectivity index (χ3n) is 7.87. The summed E-state index contributed by atoms with van der Waals surface area (Å²) in [6.07, 6.45) is 7.84. The molecule has 0 bridgehead atoms. The standard InChI is InChI=1S/C23H35N7O2S/c1-33(31,32)29-15-11-23(12-16-29,28-14-6-13-27(17-18-28)21-9-5-10-21)22-24-25-26-30(22)19-20-7-3-2-4-8-20/h2-4,7-8,21H,5-6,9-19H2,1H3. The molecule has 0 N–H and O–H groups in total. The SMILES string of the molecule is CS(=O)(=O)N1CCC(c2nnnn2Cc2ccccc2)(N2CCCN(C3CCC3)CC2)CC1. The summed E-state index contributed by atoms with van der Waals surface area (Å²) in [6, 6.07) is 11.0. The summed E-state index contributed by atoms with van der Waals surface area (Å²) in [5.74, 6) is 0.872. The first-order chi connectivity index (χ1) is 16.0. The smallest absolute Gasteiger partial charge is 0.211 e. The number of rotatable bonds is 6. The Morgan fingerprint density at radius 3 is 2.39 bits per heavy atom. The van der Waals surface area contributed by atoms with Crippen molar-refractivity contribution in [3.05, 3.63) is 41.7 Å². The molecule has 2 aromatic rings. The van der Waals surface area contributed by atoms with Crippen LogP contribution >= 0.6 is 0 Å². The first-order valence-electron chi connectivity index (χ1n) is 12.2. The summed E-state index contributed by atoms with van der Waals surface area (Å²) < 4.78 is 28.0. The van der Waals surface area contributed by atoms with Crippen LogP contribution in [0.15, 0.2) is 30.3 Å². The molecule has 1 aromatic heterocycles. The second kappa shape index (κ2) is 9.40. The van der Waals surface area contributed by atoms with E-state index in [4.69, 9.17) is 0 Å². The molecule has 2 saturated heterocycles. The van der Waals surface area contributed by atoms with Gasteiger partial charge in [0.25, 0.3) is 0 Å². The molecule has 10 heteroatoms. The molecular weight excluding hydrogens is 438 g/mol. The van der Waals surface area contributed by atoms with E-state index in [2.05, 4.69) is 37.5 Å². The van der Waals surface area contributed by atoms with Crippen molar-refractivity contribution in [1.29, 1.82) is 0 Å². The minimum absolute atomic E-state index is 0.352. The summed E-state index contributed by atoms with van der Waals surface area (Å²) in [5.41, 5.74) is 0.802. The summed E-state index contributed by atoms with van der Waals surface area (Å²) in [7, 11) is -3.21. The van der Waals surface area contributed by atoms with Gasteiger partial charge < -0.3 is 0 Å². The highest BCUT2D eigenvalue weighted by Gasteiger charge is 2.47. The van der Waals surface area contributed by atoms with Gasteiger partial charge >= 0.3 is 0 Å². The first kappa shape index (κ1) is 22.9. The maximum Gasteiger partial charge on any atom is 0.211 e. The zero-order valence-electron chi connectivity index (χ0n) is 19.5. The van der Waals surface area contributed by atoms with Crippen LogP contribution in [-0.4, -0.2) is 94.3 Å². The van der Waals surface area contributed by atoms with Crippen LogP contribution < -0.4 is 0 Å². The second-order valence-corrected chi connectivity index (χ2v) is 11.8. The Morgan fingerprint density at radius 1 is 0.970 bits per heavy atom. The van der Waals surface area contributed by atoms with E-state index < -0.39 is 10.0 Å². The maximum atomic E-state index is 12.2. The Kier molecular flexibility index (Phi) is 6.52. The van der Waals surface area contributed by atoms with Gasteiger partial charge in [-0.1, -0.05) is 36.8 Å². The molecule has 0 radical (unpaired) electrons. The molecule has 9 nitrogen and oxygen atoms in total. The molecular formula is C23H35N7O2S. The lowest BCUT2D eigenvalue weighted by molar-refractivity contribution is 0.0256. The Balaban J connectivity index is 1.44. The molecule has 3 fully saturated rings.